The highest BCUT2D eigenvalue weighted by Gasteiger charge is 2.43. The Bertz CT molecular complexity index is 604. The van der Waals surface area contributed by atoms with Crippen LogP contribution in [0.2, 0.25) is 0 Å². The van der Waals surface area contributed by atoms with Gasteiger partial charge in [-0.1, -0.05) is 11.3 Å². The molecule has 21 heavy (non-hydrogen) atoms. The van der Waals surface area contributed by atoms with Gasteiger partial charge in [0, 0.05) is 25.2 Å². The summed E-state index contributed by atoms with van der Waals surface area (Å²) in [6.45, 7) is 7.32. The summed E-state index contributed by atoms with van der Waals surface area (Å²) in [4.78, 5) is 5.02. The molecule has 2 fully saturated rings. The van der Waals surface area contributed by atoms with Crippen LogP contribution in [0.1, 0.15) is 29.9 Å². The standard InChI is InChI=1S/C15H20N4OS/c1-10-7-12(20-11(10)2)8-18-5-3-14-13(18)4-6-19(14)15-17-16-9-21-15/h7,9,13-14H,3-6,8H2,1-2H3/t13-,14+/m1/s1. The van der Waals surface area contributed by atoms with Gasteiger partial charge in [-0.2, -0.15) is 0 Å². The molecule has 2 saturated heterocycles. The van der Waals surface area contributed by atoms with Crippen LogP contribution >= 0.6 is 11.3 Å². The minimum absolute atomic E-state index is 0.593. The third-order valence-electron chi connectivity index (χ3n) is 4.86. The van der Waals surface area contributed by atoms with Gasteiger partial charge in [0.2, 0.25) is 5.13 Å². The highest BCUT2D eigenvalue weighted by molar-refractivity contribution is 7.13. The Hall–Kier alpha value is -1.40. The maximum atomic E-state index is 5.85. The quantitative estimate of drug-likeness (QED) is 0.872. The number of nitrogens with zero attached hydrogens (tertiary/aromatic N) is 4. The Morgan fingerprint density at radius 1 is 1.29 bits per heavy atom. The van der Waals surface area contributed by atoms with Gasteiger partial charge in [-0.25, -0.2) is 0 Å². The zero-order valence-electron chi connectivity index (χ0n) is 12.5. The monoisotopic (exact) mass is 304 g/mol. The minimum Gasteiger partial charge on any atom is -0.465 e. The molecule has 0 spiro atoms. The van der Waals surface area contributed by atoms with Crippen molar-refractivity contribution in [2.24, 2.45) is 0 Å². The smallest absolute Gasteiger partial charge is 0.208 e. The van der Waals surface area contributed by atoms with Crippen molar-refractivity contribution in [1.29, 1.82) is 0 Å². The molecule has 0 saturated carbocycles. The Kier molecular flexibility index (Phi) is 3.23. The van der Waals surface area contributed by atoms with Crippen LogP contribution in [0.3, 0.4) is 0 Å². The molecule has 4 rings (SSSR count). The summed E-state index contributed by atoms with van der Waals surface area (Å²) < 4.78 is 5.85. The van der Waals surface area contributed by atoms with Crippen LogP contribution in [-0.2, 0) is 6.54 Å². The molecule has 2 aromatic heterocycles. The van der Waals surface area contributed by atoms with E-state index in [0.717, 1.165) is 36.3 Å². The van der Waals surface area contributed by atoms with E-state index >= 15 is 0 Å². The summed E-state index contributed by atoms with van der Waals surface area (Å²) >= 11 is 1.65. The Morgan fingerprint density at radius 3 is 2.86 bits per heavy atom. The fourth-order valence-electron chi connectivity index (χ4n) is 3.73. The second-order valence-corrected chi connectivity index (χ2v) is 6.86. The molecule has 2 aliphatic heterocycles. The van der Waals surface area contributed by atoms with Crippen molar-refractivity contribution in [1.82, 2.24) is 15.1 Å². The van der Waals surface area contributed by atoms with E-state index in [1.807, 2.05) is 12.4 Å². The number of likely N-dealkylation sites (tertiary alicyclic amines) is 1. The Balaban J connectivity index is 1.48. The number of rotatable bonds is 3. The van der Waals surface area contributed by atoms with Crippen LogP contribution in [0, 0.1) is 13.8 Å². The van der Waals surface area contributed by atoms with Gasteiger partial charge in [0.15, 0.2) is 0 Å². The number of hydrogen-bond donors (Lipinski definition) is 0. The van der Waals surface area contributed by atoms with Crippen molar-refractivity contribution in [2.75, 3.05) is 18.0 Å². The van der Waals surface area contributed by atoms with Gasteiger partial charge in [0.25, 0.3) is 0 Å². The van der Waals surface area contributed by atoms with Crippen LogP contribution in [0.4, 0.5) is 5.13 Å². The van der Waals surface area contributed by atoms with Gasteiger partial charge in [-0.3, -0.25) is 4.90 Å². The fraction of sp³-hybridized carbons (Fsp3) is 0.600. The van der Waals surface area contributed by atoms with Crippen LogP contribution in [0.25, 0.3) is 0 Å². The third kappa shape index (κ3) is 2.26. The Morgan fingerprint density at radius 2 is 2.14 bits per heavy atom. The maximum absolute atomic E-state index is 5.85. The third-order valence-corrected chi connectivity index (χ3v) is 5.59. The summed E-state index contributed by atoms with van der Waals surface area (Å²) in [7, 11) is 0. The summed E-state index contributed by atoms with van der Waals surface area (Å²) in [6, 6.07) is 3.40. The number of aryl methyl sites for hydroxylation is 2. The minimum atomic E-state index is 0.593. The molecule has 0 N–H and O–H groups in total. The number of fused-ring (bicyclic) bond motifs is 1. The SMILES string of the molecule is Cc1cc(CN2CC[C@H]3[C@H]2CCN3c2nncs2)oc1C. The molecule has 112 valence electrons. The molecule has 4 heterocycles. The van der Waals surface area contributed by atoms with Crippen LogP contribution in [-0.4, -0.2) is 40.3 Å². The van der Waals surface area contributed by atoms with Crippen molar-refractivity contribution in [3.05, 3.63) is 28.7 Å². The van der Waals surface area contributed by atoms with E-state index in [0.29, 0.717) is 12.1 Å². The van der Waals surface area contributed by atoms with Crippen molar-refractivity contribution in [3.8, 4) is 0 Å². The van der Waals surface area contributed by atoms with Crippen LogP contribution in [0.5, 0.6) is 0 Å². The second-order valence-electron chi connectivity index (χ2n) is 6.05. The van der Waals surface area contributed by atoms with Gasteiger partial charge < -0.3 is 9.32 Å². The molecule has 2 aromatic rings. The number of anilines is 1. The lowest BCUT2D eigenvalue weighted by atomic mass is 10.1. The first-order valence-electron chi connectivity index (χ1n) is 7.55. The number of aromatic nitrogens is 2. The molecular formula is C15H20N4OS. The molecule has 0 aliphatic carbocycles. The molecule has 2 aliphatic rings. The number of furan rings is 1. The van der Waals surface area contributed by atoms with Gasteiger partial charge in [-0.15, -0.1) is 10.2 Å². The van der Waals surface area contributed by atoms with Crippen molar-refractivity contribution < 1.29 is 4.42 Å². The molecule has 6 heteroatoms. The molecule has 0 amide bonds. The molecule has 0 radical (unpaired) electrons. The predicted octanol–water partition coefficient (Wildman–Crippen LogP) is 2.60. The van der Waals surface area contributed by atoms with Crippen molar-refractivity contribution in [2.45, 2.75) is 45.3 Å². The maximum Gasteiger partial charge on any atom is 0.208 e. The summed E-state index contributed by atoms with van der Waals surface area (Å²) in [5.74, 6) is 2.14. The summed E-state index contributed by atoms with van der Waals surface area (Å²) in [5.41, 5.74) is 3.08. The van der Waals surface area contributed by atoms with E-state index in [1.54, 1.807) is 11.3 Å². The molecule has 0 bridgehead atoms. The lowest BCUT2D eigenvalue weighted by Crippen LogP contribution is -2.36. The molecule has 0 unspecified atom stereocenters. The Labute approximate surface area is 128 Å². The van der Waals surface area contributed by atoms with Crippen molar-refractivity contribution in [3.63, 3.8) is 0 Å². The van der Waals surface area contributed by atoms with Crippen molar-refractivity contribution >= 4 is 16.5 Å². The molecule has 5 nitrogen and oxygen atoms in total. The lowest BCUT2D eigenvalue weighted by Gasteiger charge is -2.24. The number of hydrogen-bond acceptors (Lipinski definition) is 6. The van der Waals surface area contributed by atoms with E-state index in [-0.39, 0.29) is 0 Å². The summed E-state index contributed by atoms with van der Waals surface area (Å²) in [5, 5.41) is 9.30. The highest BCUT2D eigenvalue weighted by Crippen LogP contribution is 2.36. The lowest BCUT2D eigenvalue weighted by molar-refractivity contribution is 0.225. The van der Waals surface area contributed by atoms with Gasteiger partial charge >= 0.3 is 0 Å². The first-order chi connectivity index (χ1) is 10.2. The van der Waals surface area contributed by atoms with Gasteiger partial charge in [0.05, 0.1) is 6.54 Å². The first-order valence-corrected chi connectivity index (χ1v) is 8.43. The van der Waals surface area contributed by atoms with Gasteiger partial charge in [-0.05, 0) is 38.3 Å². The molecule has 0 aromatic carbocycles. The van der Waals surface area contributed by atoms with Crippen LogP contribution in [0.15, 0.2) is 16.0 Å². The second kappa shape index (κ2) is 5.10. The molecular weight excluding hydrogens is 284 g/mol. The fourth-order valence-corrected chi connectivity index (χ4v) is 4.37. The van der Waals surface area contributed by atoms with E-state index in [4.69, 9.17) is 4.42 Å². The van der Waals surface area contributed by atoms with E-state index in [9.17, 15) is 0 Å². The average molecular weight is 304 g/mol. The first kappa shape index (κ1) is 13.3. The van der Waals surface area contributed by atoms with Crippen LogP contribution < -0.4 is 4.90 Å². The summed E-state index contributed by atoms with van der Waals surface area (Å²) in [6.07, 6.45) is 2.42. The topological polar surface area (TPSA) is 45.4 Å². The van der Waals surface area contributed by atoms with Gasteiger partial charge in [0.1, 0.15) is 17.0 Å². The van der Waals surface area contributed by atoms with E-state index < -0.39 is 0 Å². The average Bonchev–Trinajstić information content (AvgIpc) is 3.18. The predicted molar refractivity (Wildman–Crippen MR) is 82.7 cm³/mol. The normalized spacial score (nSPS) is 25.7. The molecule has 2 atom stereocenters. The zero-order valence-corrected chi connectivity index (χ0v) is 13.3. The van der Waals surface area contributed by atoms with E-state index in [1.165, 1.54) is 18.4 Å². The highest BCUT2D eigenvalue weighted by atomic mass is 32.1. The zero-order chi connectivity index (χ0) is 14.4. The van der Waals surface area contributed by atoms with E-state index in [2.05, 4.69) is 33.0 Å². The largest absolute Gasteiger partial charge is 0.465 e.